The number of nitrogens with zero attached hydrogens (tertiary/aromatic N) is 2. The average molecular weight is 595 g/mol. The number of urea groups is 1. The Morgan fingerprint density at radius 2 is 1.73 bits per heavy atom. The summed E-state index contributed by atoms with van der Waals surface area (Å²) in [7, 11) is 1.71. The topological polar surface area (TPSA) is 111 Å². The lowest BCUT2D eigenvalue weighted by atomic mass is 9.99. The van der Waals surface area contributed by atoms with E-state index in [1.807, 2.05) is 79.7 Å². The second kappa shape index (κ2) is 13.6. The maximum Gasteiger partial charge on any atom is 0.321 e. The van der Waals surface area contributed by atoms with E-state index in [4.69, 9.17) is 4.74 Å². The summed E-state index contributed by atoms with van der Waals surface area (Å²) in [5.41, 5.74) is 2.34. The van der Waals surface area contributed by atoms with Gasteiger partial charge in [0.2, 0.25) is 5.91 Å². The molecule has 3 atom stereocenters. The van der Waals surface area contributed by atoms with Crippen molar-refractivity contribution in [2.24, 2.45) is 5.92 Å². The molecule has 0 fully saturated rings. The fourth-order valence-corrected chi connectivity index (χ4v) is 5.40. The third kappa shape index (κ3) is 7.01. The molecule has 1 aliphatic rings. The third-order valence-electron chi connectivity index (χ3n) is 7.99. The minimum atomic E-state index is -0.461. The molecule has 9 heteroatoms. The monoisotopic (exact) mass is 594 g/mol. The standard InChI is InChI=1S/C35H38N4O5/c1-23-20-39(24(2)22-40)34(42)29-19-27(36-33(41)18-25-10-5-4-6-11-25)16-17-31(29)44-32(23)21-38(3)35(43)37-30-15-9-13-26-12-7-8-14-28(26)30/h4-17,19,23-24,32,40H,18,20-22H2,1-3H3,(H,36,41)(H,37,43)/t23-,24+,32+/m0/s1. The zero-order chi connectivity index (χ0) is 31.2. The zero-order valence-electron chi connectivity index (χ0n) is 25.2. The van der Waals surface area contributed by atoms with Gasteiger partial charge in [-0.25, -0.2) is 4.79 Å². The minimum Gasteiger partial charge on any atom is -0.487 e. The van der Waals surface area contributed by atoms with Crippen LogP contribution in [0.2, 0.25) is 0 Å². The Labute approximate surface area is 257 Å². The van der Waals surface area contributed by atoms with Crippen molar-refractivity contribution in [3.8, 4) is 5.75 Å². The molecule has 0 saturated heterocycles. The number of rotatable bonds is 8. The van der Waals surface area contributed by atoms with E-state index in [0.29, 0.717) is 23.7 Å². The first-order valence-electron chi connectivity index (χ1n) is 14.8. The smallest absolute Gasteiger partial charge is 0.321 e. The molecule has 1 aliphatic heterocycles. The van der Waals surface area contributed by atoms with Gasteiger partial charge in [0.1, 0.15) is 11.9 Å². The highest BCUT2D eigenvalue weighted by atomic mass is 16.5. The van der Waals surface area contributed by atoms with E-state index >= 15 is 0 Å². The van der Waals surface area contributed by atoms with Crippen LogP contribution >= 0.6 is 0 Å². The molecule has 228 valence electrons. The van der Waals surface area contributed by atoms with E-state index in [2.05, 4.69) is 10.6 Å². The molecule has 44 heavy (non-hydrogen) atoms. The number of likely N-dealkylation sites (N-methyl/N-ethyl adjacent to an activating group) is 1. The number of anilines is 2. The molecule has 0 aliphatic carbocycles. The summed E-state index contributed by atoms with van der Waals surface area (Å²) >= 11 is 0. The Morgan fingerprint density at radius 1 is 1.00 bits per heavy atom. The Kier molecular flexibility index (Phi) is 9.45. The van der Waals surface area contributed by atoms with Gasteiger partial charge in [-0.05, 0) is 42.1 Å². The molecule has 9 nitrogen and oxygen atoms in total. The number of aliphatic hydroxyl groups is 1. The van der Waals surface area contributed by atoms with Gasteiger partial charge in [0.05, 0.1) is 36.9 Å². The second-order valence-electron chi connectivity index (χ2n) is 11.4. The van der Waals surface area contributed by atoms with Crippen molar-refractivity contribution in [1.82, 2.24) is 9.80 Å². The van der Waals surface area contributed by atoms with Gasteiger partial charge in [0.25, 0.3) is 5.91 Å². The first-order valence-corrected chi connectivity index (χ1v) is 14.8. The van der Waals surface area contributed by atoms with Crippen LogP contribution in [0.5, 0.6) is 5.75 Å². The second-order valence-corrected chi connectivity index (χ2v) is 11.4. The quantitative estimate of drug-likeness (QED) is 0.253. The molecule has 5 rings (SSSR count). The average Bonchev–Trinajstić information content (AvgIpc) is 3.03. The van der Waals surface area contributed by atoms with E-state index in [0.717, 1.165) is 16.3 Å². The number of hydrogen-bond donors (Lipinski definition) is 3. The van der Waals surface area contributed by atoms with Crippen molar-refractivity contribution in [2.45, 2.75) is 32.4 Å². The van der Waals surface area contributed by atoms with E-state index in [1.54, 1.807) is 42.0 Å². The van der Waals surface area contributed by atoms with Gasteiger partial charge in [0, 0.05) is 30.6 Å². The maximum absolute atomic E-state index is 13.8. The number of benzene rings is 4. The number of carbonyl (C=O) groups is 3. The fourth-order valence-electron chi connectivity index (χ4n) is 5.40. The first kappa shape index (κ1) is 30.6. The van der Waals surface area contributed by atoms with Crippen LogP contribution in [0.3, 0.4) is 0 Å². The highest BCUT2D eigenvalue weighted by Gasteiger charge is 2.34. The van der Waals surface area contributed by atoms with Crippen molar-refractivity contribution in [2.75, 3.05) is 37.4 Å². The van der Waals surface area contributed by atoms with Crippen LogP contribution in [-0.2, 0) is 11.2 Å². The predicted molar refractivity (Wildman–Crippen MR) is 172 cm³/mol. The molecule has 4 aromatic rings. The molecular formula is C35H38N4O5. The molecule has 3 N–H and O–H groups in total. The number of nitrogens with one attached hydrogen (secondary N) is 2. The van der Waals surface area contributed by atoms with Crippen LogP contribution in [0.1, 0.15) is 29.8 Å². The molecule has 0 bridgehead atoms. The summed E-state index contributed by atoms with van der Waals surface area (Å²) < 4.78 is 6.43. The molecular weight excluding hydrogens is 556 g/mol. The van der Waals surface area contributed by atoms with Crippen molar-refractivity contribution in [3.05, 3.63) is 102 Å². The van der Waals surface area contributed by atoms with Gasteiger partial charge >= 0.3 is 6.03 Å². The van der Waals surface area contributed by atoms with Gasteiger partial charge < -0.3 is 30.3 Å². The fraction of sp³-hybridized carbons (Fsp3) is 0.286. The van der Waals surface area contributed by atoms with Crippen LogP contribution in [0.4, 0.5) is 16.2 Å². The molecule has 0 aromatic heterocycles. The lowest BCUT2D eigenvalue weighted by molar-refractivity contribution is -0.115. The summed E-state index contributed by atoms with van der Waals surface area (Å²) in [5, 5.41) is 17.8. The minimum absolute atomic E-state index is 0.167. The largest absolute Gasteiger partial charge is 0.487 e. The summed E-state index contributed by atoms with van der Waals surface area (Å²) in [6.45, 7) is 4.11. The van der Waals surface area contributed by atoms with Crippen LogP contribution in [0.15, 0.2) is 91.0 Å². The number of amides is 4. The summed E-state index contributed by atoms with van der Waals surface area (Å²) in [6.07, 6.45) is -0.264. The van der Waals surface area contributed by atoms with Crippen molar-refractivity contribution in [1.29, 1.82) is 0 Å². The lowest BCUT2D eigenvalue weighted by Gasteiger charge is -2.38. The Morgan fingerprint density at radius 3 is 2.50 bits per heavy atom. The Hall–Kier alpha value is -4.89. The molecule has 0 unspecified atom stereocenters. The number of hydrogen-bond acceptors (Lipinski definition) is 5. The molecule has 4 aromatic carbocycles. The Balaban J connectivity index is 1.36. The molecule has 4 amide bonds. The SMILES string of the molecule is C[C@H](CO)N1C[C@H](C)[C@@H](CN(C)C(=O)Nc2cccc3ccccc23)Oc2ccc(NC(=O)Cc3ccccc3)cc2C1=O. The van der Waals surface area contributed by atoms with Crippen molar-refractivity contribution >= 4 is 40.0 Å². The van der Waals surface area contributed by atoms with Gasteiger partial charge in [-0.3, -0.25) is 9.59 Å². The predicted octanol–water partition coefficient (Wildman–Crippen LogP) is 5.41. The van der Waals surface area contributed by atoms with E-state index in [-0.39, 0.29) is 48.9 Å². The van der Waals surface area contributed by atoms with Crippen molar-refractivity contribution < 1.29 is 24.2 Å². The lowest BCUT2D eigenvalue weighted by Crippen LogP contribution is -2.50. The normalized spacial score (nSPS) is 17.1. The highest BCUT2D eigenvalue weighted by Crippen LogP contribution is 2.31. The number of fused-ring (bicyclic) bond motifs is 2. The van der Waals surface area contributed by atoms with Gasteiger partial charge in [-0.15, -0.1) is 0 Å². The number of aliphatic hydroxyl groups excluding tert-OH is 1. The maximum atomic E-state index is 13.8. The van der Waals surface area contributed by atoms with E-state index in [1.165, 1.54) is 0 Å². The Bertz CT molecular complexity index is 1640. The van der Waals surface area contributed by atoms with E-state index < -0.39 is 12.1 Å². The first-order chi connectivity index (χ1) is 21.2. The van der Waals surface area contributed by atoms with Crippen LogP contribution < -0.4 is 15.4 Å². The molecule has 0 saturated carbocycles. The summed E-state index contributed by atoms with van der Waals surface area (Å²) in [6, 6.07) is 27.3. The van der Waals surface area contributed by atoms with Crippen LogP contribution in [0.25, 0.3) is 10.8 Å². The number of carbonyl (C=O) groups excluding carboxylic acids is 3. The van der Waals surface area contributed by atoms with Gasteiger partial charge in [-0.2, -0.15) is 0 Å². The molecule has 0 spiro atoms. The van der Waals surface area contributed by atoms with Crippen LogP contribution in [0, 0.1) is 5.92 Å². The zero-order valence-corrected chi connectivity index (χ0v) is 25.2. The van der Waals surface area contributed by atoms with Gasteiger partial charge in [-0.1, -0.05) is 73.7 Å². The molecule has 0 radical (unpaired) electrons. The van der Waals surface area contributed by atoms with Crippen molar-refractivity contribution in [3.63, 3.8) is 0 Å². The van der Waals surface area contributed by atoms with Crippen LogP contribution in [-0.4, -0.2) is 71.6 Å². The summed E-state index contributed by atoms with van der Waals surface area (Å²) in [4.78, 5) is 43.0. The van der Waals surface area contributed by atoms with E-state index in [9.17, 15) is 19.5 Å². The van der Waals surface area contributed by atoms with Gasteiger partial charge in [0.15, 0.2) is 0 Å². The summed E-state index contributed by atoms with van der Waals surface area (Å²) in [5.74, 6) is -0.320. The molecule has 1 heterocycles. The highest BCUT2D eigenvalue weighted by molar-refractivity contribution is 6.02. The third-order valence-corrected chi connectivity index (χ3v) is 7.99. The number of ether oxygens (including phenoxy) is 1.